The minimum absolute atomic E-state index is 0.0106. The van der Waals surface area contributed by atoms with E-state index in [9.17, 15) is 13.2 Å². The molecule has 0 saturated heterocycles. The highest BCUT2D eigenvalue weighted by Gasteiger charge is 2.19. The molecule has 0 fully saturated rings. The van der Waals surface area contributed by atoms with Gasteiger partial charge in [-0.15, -0.1) is 11.3 Å². The van der Waals surface area contributed by atoms with Gasteiger partial charge in [0.25, 0.3) is 0 Å². The van der Waals surface area contributed by atoms with Crippen LogP contribution in [0.15, 0.2) is 15.7 Å². The molecular weight excluding hydrogens is 278 g/mol. The van der Waals surface area contributed by atoms with Gasteiger partial charge in [0, 0.05) is 18.5 Å². The standard InChI is InChI=1S/C10H15NO5S2/c1-3-16-7(2)5-11-18(14,15)9-4-8(6-17-9)10(12)13/h4,6-7,11H,3,5H2,1-2H3,(H,12,13). The second-order valence-electron chi connectivity index (χ2n) is 3.58. The molecule has 1 aromatic rings. The lowest BCUT2D eigenvalue weighted by atomic mass is 10.4. The predicted molar refractivity (Wildman–Crippen MR) is 67.6 cm³/mol. The number of nitrogens with one attached hydrogen (secondary N) is 1. The summed E-state index contributed by atoms with van der Waals surface area (Å²) in [6, 6.07) is 1.14. The van der Waals surface area contributed by atoms with Crippen molar-refractivity contribution in [1.82, 2.24) is 4.72 Å². The number of carbonyl (C=O) groups is 1. The van der Waals surface area contributed by atoms with E-state index < -0.39 is 16.0 Å². The van der Waals surface area contributed by atoms with Crippen molar-refractivity contribution in [2.75, 3.05) is 13.2 Å². The van der Waals surface area contributed by atoms with Gasteiger partial charge in [-0.25, -0.2) is 17.9 Å². The molecule has 102 valence electrons. The van der Waals surface area contributed by atoms with Gasteiger partial charge in [0.1, 0.15) is 4.21 Å². The summed E-state index contributed by atoms with van der Waals surface area (Å²) in [4.78, 5) is 10.7. The van der Waals surface area contributed by atoms with E-state index >= 15 is 0 Å². The molecule has 0 aliphatic carbocycles. The smallest absolute Gasteiger partial charge is 0.336 e. The second kappa shape index (κ2) is 6.28. The molecule has 0 amide bonds. The fraction of sp³-hybridized carbons (Fsp3) is 0.500. The molecule has 0 radical (unpaired) electrons. The number of aromatic carboxylic acids is 1. The van der Waals surface area contributed by atoms with Gasteiger partial charge in [0.2, 0.25) is 10.0 Å². The van der Waals surface area contributed by atoms with E-state index in [1.54, 1.807) is 6.92 Å². The van der Waals surface area contributed by atoms with Crippen molar-refractivity contribution >= 4 is 27.3 Å². The molecule has 1 rings (SSSR count). The Kier molecular flexibility index (Phi) is 5.27. The van der Waals surface area contributed by atoms with Crippen LogP contribution in [0.1, 0.15) is 24.2 Å². The van der Waals surface area contributed by atoms with Crippen molar-refractivity contribution in [2.24, 2.45) is 0 Å². The van der Waals surface area contributed by atoms with Crippen LogP contribution >= 0.6 is 11.3 Å². The van der Waals surface area contributed by atoms with E-state index in [0.29, 0.717) is 6.61 Å². The molecule has 0 aromatic carbocycles. The fourth-order valence-corrected chi connectivity index (χ4v) is 3.52. The number of ether oxygens (including phenoxy) is 1. The Balaban J connectivity index is 2.71. The van der Waals surface area contributed by atoms with Crippen molar-refractivity contribution in [2.45, 2.75) is 24.2 Å². The Morgan fingerprint density at radius 2 is 2.28 bits per heavy atom. The Labute approximate surface area is 110 Å². The lowest BCUT2D eigenvalue weighted by Gasteiger charge is -2.11. The summed E-state index contributed by atoms with van der Waals surface area (Å²) in [5.41, 5.74) is -0.0294. The van der Waals surface area contributed by atoms with Gasteiger partial charge in [-0.1, -0.05) is 0 Å². The Morgan fingerprint density at radius 1 is 1.61 bits per heavy atom. The zero-order chi connectivity index (χ0) is 13.8. The first kappa shape index (κ1) is 15.1. The highest BCUT2D eigenvalue weighted by atomic mass is 32.2. The molecule has 1 heterocycles. The molecule has 0 saturated carbocycles. The maximum absolute atomic E-state index is 11.8. The van der Waals surface area contributed by atoms with Gasteiger partial charge in [-0.2, -0.15) is 0 Å². The number of hydrogen-bond acceptors (Lipinski definition) is 5. The van der Waals surface area contributed by atoms with E-state index in [0.717, 1.165) is 17.4 Å². The van der Waals surface area contributed by atoms with Crippen LogP contribution in [0.5, 0.6) is 0 Å². The number of carboxylic acid groups (broad SMARTS) is 1. The SMILES string of the molecule is CCOC(C)CNS(=O)(=O)c1cc(C(=O)O)cs1. The average molecular weight is 293 g/mol. The monoisotopic (exact) mass is 293 g/mol. The summed E-state index contributed by atoms with van der Waals surface area (Å²) in [6.07, 6.45) is -0.233. The third-order valence-electron chi connectivity index (χ3n) is 2.10. The molecule has 6 nitrogen and oxygen atoms in total. The van der Waals surface area contributed by atoms with Crippen LogP contribution in [0.25, 0.3) is 0 Å². The minimum atomic E-state index is -3.66. The fourth-order valence-electron chi connectivity index (χ4n) is 1.21. The van der Waals surface area contributed by atoms with Crippen LogP contribution in [0, 0.1) is 0 Å². The van der Waals surface area contributed by atoms with Crippen molar-refractivity contribution in [3.63, 3.8) is 0 Å². The van der Waals surface area contributed by atoms with E-state index in [4.69, 9.17) is 9.84 Å². The number of hydrogen-bond donors (Lipinski definition) is 2. The molecule has 1 unspecified atom stereocenters. The van der Waals surface area contributed by atoms with Gasteiger partial charge in [-0.05, 0) is 19.9 Å². The summed E-state index contributed by atoms with van der Waals surface area (Å²) in [5, 5.41) is 10.0. The lowest BCUT2D eigenvalue weighted by Crippen LogP contribution is -2.31. The zero-order valence-corrected chi connectivity index (χ0v) is 11.7. The molecule has 1 aromatic heterocycles. The summed E-state index contributed by atoms with van der Waals surface area (Å²) in [5.74, 6) is -1.14. The number of carboxylic acids is 1. The molecule has 0 bridgehead atoms. The third kappa shape index (κ3) is 4.05. The molecule has 18 heavy (non-hydrogen) atoms. The highest BCUT2D eigenvalue weighted by molar-refractivity contribution is 7.91. The van der Waals surface area contributed by atoms with Gasteiger partial charge >= 0.3 is 5.97 Å². The van der Waals surface area contributed by atoms with Crippen molar-refractivity contribution in [3.05, 3.63) is 17.0 Å². The molecule has 0 aliphatic heterocycles. The zero-order valence-electron chi connectivity index (χ0n) is 10.0. The summed E-state index contributed by atoms with van der Waals surface area (Å²) < 4.78 is 31.2. The summed E-state index contributed by atoms with van der Waals surface area (Å²) >= 11 is 0.878. The van der Waals surface area contributed by atoms with E-state index in [-0.39, 0.29) is 22.4 Å². The van der Waals surface area contributed by atoms with Crippen molar-refractivity contribution < 1.29 is 23.1 Å². The summed E-state index contributed by atoms with van der Waals surface area (Å²) in [6.45, 7) is 4.23. The molecule has 8 heteroatoms. The molecule has 0 spiro atoms. The van der Waals surface area contributed by atoms with E-state index in [2.05, 4.69) is 4.72 Å². The molecular formula is C10H15NO5S2. The highest BCUT2D eigenvalue weighted by Crippen LogP contribution is 2.20. The second-order valence-corrected chi connectivity index (χ2v) is 6.48. The molecule has 1 atom stereocenters. The van der Waals surface area contributed by atoms with E-state index in [1.807, 2.05) is 6.92 Å². The average Bonchev–Trinajstić information content (AvgIpc) is 2.77. The third-order valence-corrected chi connectivity index (χ3v) is 4.96. The minimum Gasteiger partial charge on any atom is -0.478 e. The van der Waals surface area contributed by atoms with Crippen LogP contribution in [0.2, 0.25) is 0 Å². The Bertz CT molecular complexity index is 508. The van der Waals surface area contributed by atoms with Gasteiger partial charge in [-0.3, -0.25) is 0 Å². The van der Waals surface area contributed by atoms with Crippen LogP contribution in [-0.4, -0.2) is 38.7 Å². The van der Waals surface area contributed by atoms with Crippen LogP contribution in [0.3, 0.4) is 0 Å². The summed E-state index contributed by atoms with van der Waals surface area (Å²) in [7, 11) is -3.66. The molecule has 0 aliphatic rings. The first-order valence-electron chi connectivity index (χ1n) is 5.30. The van der Waals surface area contributed by atoms with Crippen LogP contribution < -0.4 is 4.72 Å². The van der Waals surface area contributed by atoms with Gasteiger partial charge in [0.05, 0.1) is 11.7 Å². The van der Waals surface area contributed by atoms with Gasteiger partial charge < -0.3 is 9.84 Å². The Morgan fingerprint density at radius 3 is 2.78 bits per heavy atom. The quantitative estimate of drug-likeness (QED) is 0.786. The van der Waals surface area contributed by atoms with Crippen molar-refractivity contribution in [1.29, 1.82) is 0 Å². The number of thiophene rings is 1. The Hall–Kier alpha value is -0.960. The van der Waals surface area contributed by atoms with Crippen LogP contribution in [0.4, 0.5) is 0 Å². The first-order chi connectivity index (χ1) is 8.36. The topological polar surface area (TPSA) is 92.7 Å². The van der Waals surface area contributed by atoms with Crippen LogP contribution in [-0.2, 0) is 14.8 Å². The van der Waals surface area contributed by atoms with Crippen molar-refractivity contribution in [3.8, 4) is 0 Å². The normalized spacial score (nSPS) is 13.4. The van der Waals surface area contributed by atoms with E-state index in [1.165, 1.54) is 5.38 Å². The predicted octanol–water partition coefficient (Wildman–Crippen LogP) is 1.15. The maximum Gasteiger partial charge on any atom is 0.336 e. The maximum atomic E-state index is 11.8. The number of rotatable bonds is 7. The molecule has 2 N–H and O–H groups in total. The number of sulfonamides is 1. The lowest BCUT2D eigenvalue weighted by molar-refractivity contribution is 0.0697. The first-order valence-corrected chi connectivity index (χ1v) is 7.66. The van der Waals surface area contributed by atoms with Gasteiger partial charge in [0.15, 0.2) is 0 Å². The largest absolute Gasteiger partial charge is 0.478 e.